The molecule has 1 aliphatic carbocycles. The fraction of sp³-hybridized carbons (Fsp3) is 0.529. The van der Waals surface area contributed by atoms with Gasteiger partial charge in [0.2, 0.25) is 11.8 Å². The summed E-state index contributed by atoms with van der Waals surface area (Å²) in [5.74, 6) is -1.22. The Morgan fingerprint density at radius 1 is 0.930 bits per heavy atom. The van der Waals surface area contributed by atoms with Crippen LogP contribution in [0.3, 0.4) is 0 Å². The van der Waals surface area contributed by atoms with Crippen molar-refractivity contribution in [3.05, 3.63) is 59.7 Å². The summed E-state index contributed by atoms with van der Waals surface area (Å²) >= 11 is 0. The SMILES string of the molecule is CC(C)NC(=O)[C@H](CCCNC(=O)OCC1c2ccccc2-c2ccccc21)CC(=O)[C@@H](NC(=O)[C@@H]1CCCN1)C(C)C. The Labute approximate surface area is 254 Å². The lowest BCUT2D eigenvalue weighted by molar-refractivity contribution is -0.133. The summed E-state index contributed by atoms with van der Waals surface area (Å²) in [6.45, 7) is 8.88. The molecule has 4 rings (SSSR count). The van der Waals surface area contributed by atoms with Crippen molar-refractivity contribution in [2.24, 2.45) is 11.8 Å². The van der Waals surface area contributed by atoms with Crippen LogP contribution < -0.4 is 21.3 Å². The van der Waals surface area contributed by atoms with Crippen LogP contribution in [0.2, 0.25) is 0 Å². The molecule has 1 saturated heterocycles. The van der Waals surface area contributed by atoms with Gasteiger partial charge >= 0.3 is 6.09 Å². The monoisotopic (exact) mass is 590 g/mol. The summed E-state index contributed by atoms with van der Waals surface area (Å²) in [4.78, 5) is 51.7. The third-order valence-corrected chi connectivity index (χ3v) is 8.28. The molecular formula is C34H46N4O5. The third-order valence-electron chi connectivity index (χ3n) is 8.28. The molecule has 2 aromatic rings. The van der Waals surface area contributed by atoms with E-state index >= 15 is 0 Å². The first kappa shape index (κ1) is 32.2. The van der Waals surface area contributed by atoms with E-state index in [4.69, 9.17) is 4.74 Å². The second-order valence-corrected chi connectivity index (χ2v) is 12.3. The maximum Gasteiger partial charge on any atom is 0.407 e. The number of Topliss-reactive ketones (excluding diaryl/α,β-unsaturated/α-hetero) is 1. The van der Waals surface area contributed by atoms with Gasteiger partial charge in [0.15, 0.2) is 5.78 Å². The Balaban J connectivity index is 1.28. The zero-order chi connectivity index (χ0) is 30.9. The van der Waals surface area contributed by atoms with Crippen LogP contribution in [0, 0.1) is 11.8 Å². The molecule has 0 unspecified atom stereocenters. The molecule has 0 radical (unpaired) electrons. The number of nitrogens with one attached hydrogen (secondary N) is 4. The number of benzene rings is 2. The molecule has 3 amide bonds. The first-order chi connectivity index (χ1) is 20.7. The zero-order valence-corrected chi connectivity index (χ0v) is 25.8. The van der Waals surface area contributed by atoms with Crippen LogP contribution in [0.4, 0.5) is 4.79 Å². The Morgan fingerprint density at radius 2 is 1.58 bits per heavy atom. The van der Waals surface area contributed by atoms with Gasteiger partial charge in [-0.05, 0) is 74.2 Å². The summed E-state index contributed by atoms with van der Waals surface area (Å²) in [6, 6.07) is 15.3. The first-order valence-corrected chi connectivity index (χ1v) is 15.6. The van der Waals surface area contributed by atoms with Gasteiger partial charge in [0, 0.05) is 30.8 Å². The smallest absolute Gasteiger partial charge is 0.407 e. The van der Waals surface area contributed by atoms with Gasteiger partial charge in [0.05, 0.1) is 12.1 Å². The molecule has 0 spiro atoms. The minimum Gasteiger partial charge on any atom is -0.449 e. The number of fused-ring (bicyclic) bond motifs is 3. The predicted molar refractivity (Wildman–Crippen MR) is 166 cm³/mol. The minimum absolute atomic E-state index is 0.0186. The highest BCUT2D eigenvalue weighted by Crippen LogP contribution is 2.44. The van der Waals surface area contributed by atoms with Crippen LogP contribution in [0.25, 0.3) is 11.1 Å². The Hall–Kier alpha value is -3.72. The molecule has 2 aromatic carbocycles. The highest BCUT2D eigenvalue weighted by molar-refractivity contribution is 5.93. The van der Waals surface area contributed by atoms with Crippen molar-refractivity contribution < 1.29 is 23.9 Å². The highest BCUT2D eigenvalue weighted by Gasteiger charge is 2.32. The molecule has 2 aliphatic rings. The van der Waals surface area contributed by atoms with Crippen LogP contribution in [0.5, 0.6) is 0 Å². The van der Waals surface area contributed by atoms with Gasteiger partial charge in [0.1, 0.15) is 6.61 Å². The van der Waals surface area contributed by atoms with Crippen molar-refractivity contribution in [1.82, 2.24) is 21.3 Å². The van der Waals surface area contributed by atoms with E-state index < -0.39 is 18.1 Å². The number of hydrogen-bond donors (Lipinski definition) is 4. The molecule has 9 heteroatoms. The molecule has 4 N–H and O–H groups in total. The third kappa shape index (κ3) is 8.44. The number of amides is 3. The topological polar surface area (TPSA) is 126 Å². The van der Waals surface area contributed by atoms with E-state index in [1.54, 1.807) is 0 Å². The Kier molecular flexibility index (Phi) is 11.3. The number of alkyl carbamates (subject to hydrolysis) is 1. The van der Waals surface area contributed by atoms with Gasteiger partial charge in [-0.2, -0.15) is 0 Å². The van der Waals surface area contributed by atoms with Crippen molar-refractivity contribution in [3.63, 3.8) is 0 Å². The zero-order valence-electron chi connectivity index (χ0n) is 25.8. The second-order valence-electron chi connectivity index (χ2n) is 12.3. The van der Waals surface area contributed by atoms with Crippen LogP contribution in [-0.2, 0) is 19.1 Å². The van der Waals surface area contributed by atoms with Crippen molar-refractivity contribution in [2.45, 2.75) is 83.8 Å². The average Bonchev–Trinajstić information content (AvgIpc) is 3.63. The fourth-order valence-corrected chi connectivity index (χ4v) is 6.07. The molecule has 3 atom stereocenters. The van der Waals surface area contributed by atoms with Crippen LogP contribution in [0.1, 0.15) is 76.8 Å². The van der Waals surface area contributed by atoms with Crippen molar-refractivity contribution in [3.8, 4) is 11.1 Å². The molecule has 43 heavy (non-hydrogen) atoms. The van der Waals surface area contributed by atoms with Gasteiger partial charge in [-0.1, -0.05) is 62.4 Å². The summed E-state index contributed by atoms with van der Waals surface area (Å²) in [5.41, 5.74) is 4.63. The summed E-state index contributed by atoms with van der Waals surface area (Å²) in [7, 11) is 0. The first-order valence-electron chi connectivity index (χ1n) is 15.6. The van der Waals surface area contributed by atoms with Gasteiger partial charge in [0.25, 0.3) is 0 Å². The molecule has 0 saturated carbocycles. The Bertz CT molecular complexity index is 1240. The number of ether oxygens (including phenoxy) is 1. The minimum atomic E-state index is -0.664. The van der Waals surface area contributed by atoms with E-state index in [0.717, 1.165) is 30.5 Å². The van der Waals surface area contributed by atoms with Crippen molar-refractivity contribution in [1.29, 1.82) is 0 Å². The maximum atomic E-state index is 13.4. The molecule has 232 valence electrons. The van der Waals surface area contributed by atoms with Crippen molar-refractivity contribution in [2.75, 3.05) is 19.7 Å². The van der Waals surface area contributed by atoms with Crippen LogP contribution in [0.15, 0.2) is 48.5 Å². The fourth-order valence-electron chi connectivity index (χ4n) is 6.07. The molecule has 1 heterocycles. The van der Waals surface area contributed by atoms with E-state index in [1.807, 2.05) is 52.0 Å². The number of hydrogen-bond acceptors (Lipinski definition) is 6. The summed E-state index contributed by atoms with van der Waals surface area (Å²) in [5, 5.41) is 11.8. The highest BCUT2D eigenvalue weighted by atomic mass is 16.5. The molecule has 0 aromatic heterocycles. The molecule has 1 aliphatic heterocycles. The quantitative estimate of drug-likeness (QED) is 0.243. The maximum absolute atomic E-state index is 13.4. The number of ketones is 1. The lowest BCUT2D eigenvalue weighted by Crippen LogP contribution is -2.51. The van der Waals surface area contributed by atoms with Crippen molar-refractivity contribution >= 4 is 23.7 Å². The predicted octanol–water partition coefficient (Wildman–Crippen LogP) is 4.30. The van der Waals surface area contributed by atoms with Gasteiger partial charge in [-0.15, -0.1) is 0 Å². The van der Waals surface area contributed by atoms with E-state index in [0.29, 0.717) is 19.4 Å². The Morgan fingerprint density at radius 3 is 2.16 bits per heavy atom. The summed E-state index contributed by atoms with van der Waals surface area (Å²) in [6.07, 6.45) is 2.10. The lowest BCUT2D eigenvalue weighted by Gasteiger charge is -2.25. The number of carbonyl (C=O) groups excluding carboxylic acids is 4. The average molecular weight is 591 g/mol. The van der Waals surface area contributed by atoms with Crippen LogP contribution in [-0.4, -0.2) is 61.5 Å². The van der Waals surface area contributed by atoms with Gasteiger partial charge < -0.3 is 26.0 Å². The molecular weight excluding hydrogens is 544 g/mol. The molecule has 1 fully saturated rings. The van der Waals surface area contributed by atoms with Crippen LogP contribution >= 0.6 is 0 Å². The normalized spacial score (nSPS) is 17.2. The lowest BCUT2D eigenvalue weighted by atomic mass is 9.89. The molecule has 9 nitrogen and oxygen atoms in total. The van der Waals surface area contributed by atoms with E-state index in [2.05, 4.69) is 45.5 Å². The molecule has 0 bridgehead atoms. The largest absolute Gasteiger partial charge is 0.449 e. The standard InChI is InChI=1S/C34H46N4O5/c1-21(2)31(38-33(41)29-16-10-17-35-29)30(39)19-23(32(40)37-22(3)4)11-9-18-36-34(42)43-20-28-26-14-7-5-12-24(26)25-13-6-8-15-27(25)28/h5-8,12-15,21-23,28-29,31,35H,9-11,16-20H2,1-4H3,(H,36,42)(H,37,40)(H,38,41)/t23-,29+,31+/m1/s1. The number of carbonyl (C=O) groups is 4. The van der Waals surface area contributed by atoms with E-state index in [-0.39, 0.29) is 54.5 Å². The number of rotatable bonds is 14. The van der Waals surface area contributed by atoms with E-state index in [1.165, 1.54) is 11.1 Å². The van der Waals surface area contributed by atoms with E-state index in [9.17, 15) is 19.2 Å². The van der Waals surface area contributed by atoms with Gasteiger partial charge in [-0.3, -0.25) is 14.4 Å². The second kappa shape index (κ2) is 15.1. The van der Waals surface area contributed by atoms with Gasteiger partial charge in [-0.25, -0.2) is 4.79 Å². The summed E-state index contributed by atoms with van der Waals surface area (Å²) < 4.78 is 5.62.